The summed E-state index contributed by atoms with van der Waals surface area (Å²) in [6, 6.07) is 13.1. The fourth-order valence-corrected chi connectivity index (χ4v) is 2.83. The van der Waals surface area contributed by atoms with Gasteiger partial charge < -0.3 is 5.73 Å². The first-order valence-electron chi connectivity index (χ1n) is 6.72. The highest BCUT2D eigenvalue weighted by Gasteiger charge is 2.15. The Kier molecular flexibility index (Phi) is 4.50. The molecule has 3 aromatic rings. The molecule has 0 atom stereocenters. The monoisotopic (exact) mass is 359 g/mol. The van der Waals surface area contributed by atoms with Crippen molar-refractivity contribution in [2.45, 2.75) is 0 Å². The Morgan fingerprint density at radius 1 is 1.17 bits per heavy atom. The summed E-state index contributed by atoms with van der Waals surface area (Å²) in [7, 11) is 0. The second-order valence-electron chi connectivity index (χ2n) is 4.66. The number of hydrogen-bond donors (Lipinski definition) is 1. The van der Waals surface area contributed by atoms with E-state index in [2.05, 4.69) is 15.2 Å². The summed E-state index contributed by atoms with van der Waals surface area (Å²) in [4.78, 5) is 14.7. The number of halogens is 1. The van der Waals surface area contributed by atoms with Crippen LogP contribution in [-0.2, 0) is 0 Å². The van der Waals surface area contributed by atoms with Crippen molar-refractivity contribution >= 4 is 44.4 Å². The highest BCUT2D eigenvalue weighted by atomic mass is 35.5. The van der Waals surface area contributed by atoms with E-state index in [-0.39, 0.29) is 5.69 Å². The van der Waals surface area contributed by atoms with Crippen LogP contribution in [0, 0.1) is 10.1 Å². The molecule has 0 aliphatic heterocycles. The molecule has 1 aromatic heterocycles. The summed E-state index contributed by atoms with van der Waals surface area (Å²) in [5.41, 5.74) is 7.22. The number of rotatable bonds is 4. The zero-order chi connectivity index (χ0) is 17.1. The first-order chi connectivity index (χ1) is 11.5. The van der Waals surface area contributed by atoms with E-state index >= 15 is 0 Å². The third kappa shape index (κ3) is 3.39. The molecule has 0 spiro atoms. The van der Waals surface area contributed by atoms with Crippen LogP contribution in [0.15, 0.2) is 58.8 Å². The molecule has 3 rings (SSSR count). The molecule has 0 aliphatic carbocycles. The fraction of sp³-hybridized carbons (Fsp3) is 0. The van der Waals surface area contributed by atoms with Crippen LogP contribution in [0.2, 0.25) is 5.02 Å². The molecule has 2 N–H and O–H groups in total. The van der Waals surface area contributed by atoms with Gasteiger partial charge in [-0.25, -0.2) is 4.98 Å². The van der Waals surface area contributed by atoms with Crippen molar-refractivity contribution < 1.29 is 4.92 Å². The predicted molar refractivity (Wildman–Crippen MR) is 94.2 cm³/mol. The van der Waals surface area contributed by atoms with E-state index < -0.39 is 4.92 Å². The predicted octanol–water partition coefficient (Wildman–Crippen LogP) is 5.37. The molecule has 24 heavy (non-hydrogen) atoms. The molecular formula is C15H10ClN5O2S. The summed E-state index contributed by atoms with van der Waals surface area (Å²) in [6.45, 7) is 0. The second-order valence-corrected chi connectivity index (χ2v) is 6.08. The van der Waals surface area contributed by atoms with Crippen molar-refractivity contribution in [1.82, 2.24) is 4.98 Å². The van der Waals surface area contributed by atoms with Gasteiger partial charge in [-0.2, -0.15) is 0 Å². The molecule has 0 radical (unpaired) electrons. The van der Waals surface area contributed by atoms with E-state index in [4.69, 9.17) is 17.3 Å². The molecule has 9 heteroatoms. The number of nitrogen functional groups attached to an aromatic ring is 1. The third-order valence-electron chi connectivity index (χ3n) is 3.06. The molecule has 0 saturated carbocycles. The van der Waals surface area contributed by atoms with Crippen LogP contribution in [0.1, 0.15) is 0 Å². The van der Waals surface area contributed by atoms with E-state index in [1.807, 2.05) is 0 Å². The topological polar surface area (TPSA) is 107 Å². The Labute approximate surface area is 145 Å². The number of nitrogens with two attached hydrogens (primary N) is 1. The number of thiazole rings is 1. The van der Waals surface area contributed by atoms with Crippen LogP contribution in [0.4, 0.5) is 21.5 Å². The minimum Gasteiger partial charge on any atom is -0.375 e. The number of nitrogens with zero attached hydrogens (tertiary/aromatic N) is 4. The van der Waals surface area contributed by atoms with Crippen LogP contribution in [0.5, 0.6) is 0 Å². The number of non-ortho nitro benzene ring substituents is 1. The highest BCUT2D eigenvalue weighted by molar-refractivity contribution is 7.19. The minimum atomic E-state index is -0.468. The summed E-state index contributed by atoms with van der Waals surface area (Å²) >= 11 is 7.18. The maximum Gasteiger partial charge on any atom is 0.270 e. The lowest BCUT2D eigenvalue weighted by atomic mass is 10.1. The van der Waals surface area contributed by atoms with Crippen molar-refractivity contribution in [2.75, 3.05) is 5.73 Å². The van der Waals surface area contributed by atoms with Gasteiger partial charge in [0.1, 0.15) is 11.4 Å². The molecule has 0 fully saturated rings. The smallest absolute Gasteiger partial charge is 0.270 e. The maximum atomic E-state index is 10.9. The van der Waals surface area contributed by atoms with Crippen LogP contribution in [0.25, 0.3) is 11.3 Å². The van der Waals surface area contributed by atoms with E-state index in [0.717, 1.165) is 11.3 Å². The molecule has 0 bridgehead atoms. The first-order valence-corrected chi connectivity index (χ1v) is 7.91. The van der Waals surface area contributed by atoms with E-state index in [0.29, 0.717) is 32.1 Å². The second kappa shape index (κ2) is 6.73. The lowest BCUT2D eigenvalue weighted by Gasteiger charge is -1.99. The van der Waals surface area contributed by atoms with Gasteiger partial charge in [0.25, 0.3) is 5.69 Å². The van der Waals surface area contributed by atoms with Crippen LogP contribution in [0.3, 0.4) is 0 Å². The molecule has 0 saturated heterocycles. The quantitative estimate of drug-likeness (QED) is 0.383. The molecule has 120 valence electrons. The summed E-state index contributed by atoms with van der Waals surface area (Å²) in [6.07, 6.45) is 0. The van der Waals surface area contributed by atoms with Crippen molar-refractivity contribution in [3.05, 3.63) is 63.7 Å². The maximum absolute atomic E-state index is 10.9. The Morgan fingerprint density at radius 3 is 2.71 bits per heavy atom. The number of benzene rings is 2. The molecule has 0 aliphatic rings. The van der Waals surface area contributed by atoms with Crippen LogP contribution in [-0.4, -0.2) is 9.91 Å². The van der Waals surface area contributed by atoms with Gasteiger partial charge in [-0.05, 0) is 12.1 Å². The number of hydrogen-bond acceptors (Lipinski definition) is 7. The van der Waals surface area contributed by atoms with Crippen LogP contribution >= 0.6 is 22.9 Å². The number of nitro benzene ring substituents is 1. The molecule has 7 nitrogen and oxygen atoms in total. The average molecular weight is 360 g/mol. The van der Waals surface area contributed by atoms with Crippen molar-refractivity contribution in [2.24, 2.45) is 10.2 Å². The summed E-state index contributed by atoms with van der Waals surface area (Å²) in [5, 5.41) is 20.4. The fourth-order valence-electron chi connectivity index (χ4n) is 1.98. The lowest BCUT2D eigenvalue weighted by molar-refractivity contribution is -0.384. The Balaban J connectivity index is 2.01. The number of azo groups is 1. The van der Waals surface area contributed by atoms with Crippen molar-refractivity contribution in [1.29, 1.82) is 0 Å². The van der Waals surface area contributed by atoms with Gasteiger partial charge in [0.05, 0.1) is 9.95 Å². The van der Waals surface area contributed by atoms with Gasteiger partial charge in [-0.15, -0.1) is 10.2 Å². The van der Waals surface area contributed by atoms with Crippen molar-refractivity contribution in [3.8, 4) is 11.3 Å². The SMILES string of the molecule is Nc1nc(-c2cccc([N+](=O)[O-])c2)c(N=Nc2ccccc2Cl)s1. The molecule has 2 aromatic carbocycles. The standard InChI is InChI=1S/C15H10ClN5O2S/c16-11-6-1-2-7-12(11)19-20-14-13(18-15(17)24-14)9-4-3-5-10(8-9)21(22)23/h1-8H,(H2,17,18). The first kappa shape index (κ1) is 16.0. The number of anilines is 1. The average Bonchev–Trinajstić information content (AvgIpc) is 2.95. The zero-order valence-electron chi connectivity index (χ0n) is 12.1. The van der Waals surface area contributed by atoms with Gasteiger partial charge in [-0.1, -0.05) is 47.2 Å². The summed E-state index contributed by atoms with van der Waals surface area (Å²) in [5.74, 6) is 0. The molecular weight excluding hydrogens is 350 g/mol. The third-order valence-corrected chi connectivity index (χ3v) is 4.15. The van der Waals surface area contributed by atoms with Crippen LogP contribution < -0.4 is 5.73 Å². The van der Waals surface area contributed by atoms with E-state index in [1.54, 1.807) is 36.4 Å². The van der Waals surface area contributed by atoms with E-state index in [9.17, 15) is 10.1 Å². The minimum absolute atomic E-state index is 0.0342. The highest BCUT2D eigenvalue weighted by Crippen LogP contribution is 2.39. The van der Waals surface area contributed by atoms with Gasteiger partial charge in [-0.3, -0.25) is 10.1 Å². The Hall–Kier alpha value is -2.84. The normalized spacial score (nSPS) is 11.0. The number of nitro groups is 1. The molecule has 1 heterocycles. The Morgan fingerprint density at radius 2 is 1.96 bits per heavy atom. The summed E-state index contributed by atoms with van der Waals surface area (Å²) < 4.78 is 0. The van der Waals surface area contributed by atoms with Gasteiger partial charge in [0.15, 0.2) is 10.1 Å². The zero-order valence-corrected chi connectivity index (χ0v) is 13.7. The van der Waals surface area contributed by atoms with Gasteiger partial charge >= 0.3 is 0 Å². The lowest BCUT2D eigenvalue weighted by Crippen LogP contribution is -1.88. The van der Waals surface area contributed by atoms with E-state index in [1.165, 1.54) is 12.1 Å². The Bertz CT molecular complexity index is 941. The molecule has 0 unspecified atom stereocenters. The number of aromatic nitrogens is 1. The van der Waals surface area contributed by atoms with Gasteiger partial charge in [0.2, 0.25) is 0 Å². The van der Waals surface area contributed by atoms with Crippen molar-refractivity contribution in [3.63, 3.8) is 0 Å². The largest absolute Gasteiger partial charge is 0.375 e. The molecule has 0 amide bonds. The van der Waals surface area contributed by atoms with Gasteiger partial charge in [0, 0.05) is 17.7 Å².